The van der Waals surface area contributed by atoms with Crippen LogP contribution in [0.25, 0.3) is 0 Å². The van der Waals surface area contributed by atoms with Gasteiger partial charge in [0.1, 0.15) is 5.84 Å². The maximum atomic E-state index is 12.3. The number of carbonyl (C=O) groups is 1. The molecule has 0 bridgehead atoms. The van der Waals surface area contributed by atoms with Crippen molar-refractivity contribution in [1.82, 2.24) is 4.90 Å². The fraction of sp³-hybridized carbons (Fsp3) is 0.500. The number of carbonyl (C=O) groups excluding carboxylic acids is 1. The quantitative estimate of drug-likeness (QED) is 0.384. The van der Waals surface area contributed by atoms with Crippen LogP contribution in [0.5, 0.6) is 0 Å². The van der Waals surface area contributed by atoms with Gasteiger partial charge in [0.2, 0.25) is 5.91 Å². The lowest BCUT2D eigenvalue weighted by Gasteiger charge is -2.32. The lowest BCUT2D eigenvalue weighted by Crippen LogP contribution is -2.44. The molecule has 1 atom stereocenters. The molecule has 0 saturated carbocycles. The monoisotopic (exact) mass is 289 g/mol. The minimum absolute atomic E-state index is 0.0212. The van der Waals surface area contributed by atoms with Crippen LogP contribution in [0, 0.1) is 12.8 Å². The molecule has 5 nitrogen and oxygen atoms in total. The Kier molecular flexibility index (Phi) is 5.20. The Labute approximate surface area is 125 Å². The van der Waals surface area contributed by atoms with Crippen molar-refractivity contribution in [3.05, 3.63) is 35.4 Å². The van der Waals surface area contributed by atoms with Crippen molar-refractivity contribution >= 4 is 11.7 Å². The van der Waals surface area contributed by atoms with Crippen LogP contribution in [-0.2, 0) is 11.2 Å². The highest BCUT2D eigenvalue weighted by molar-refractivity contribution is 5.84. The molecule has 114 valence electrons. The molecule has 1 aromatic rings. The van der Waals surface area contributed by atoms with Crippen molar-refractivity contribution in [2.75, 3.05) is 13.1 Å². The normalized spacial score (nSPS) is 19.6. The van der Waals surface area contributed by atoms with Crippen LogP contribution in [0.4, 0.5) is 0 Å². The van der Waals surface area contributed by atoms with Gasteiger partial charge < -0.3 is 15.8 Å². The van der Waals surface area contributed by atoms with Gasteiger partial charge in [-0.2, -0.15) is 0 Å². The highest BCUT2D eigenvalue weighted by Crippen LogP contribution is 2.18. The third kappa shape index (κ3) is 4.21. The van der Waals surface area contributed by atoms with Crippen LogP contribution in [0.15, 0.2) is 29.4 Å². The summed E-state index contributed by atoms with van der Waals surface area (Å²) in [6.45, 7) is 3.38. The average molecular weight is 289 g/mol. The number of rotatable bonds is 4. The summed E-state index contributed by atoms with van der Waals surface area (Å²) in [6, 6.07) is 8.26. The van der Waals surface area contributed by atoms with E-state index in [9.17, 15) is 4.79 Å². The smallest absolute Gasteiger partial charge is 0.222 e. The summed E-state index contributed by atoms with van der Waals surface area (Å²) in [7, 11) is 0. The maximum absolute atomic E-state index is 12.3. The van der Waals surface area contributed by atoms with Gasteiger partial charge in [-0.1, -0.05) is 35.0 Å². The average Bonchev–Trinajstić information content (AvgIpc) is 2.53. The summed E-state index contributed by atoms with van der Waals surface area (Å²) in [5, 5.41) is 11.8. The van der Waals surface area contributed by atoms with Crippen LogP contribution < -0.4 is 5.73 Å². The van der Waals surface area contributed by atoms with Gasteiger partial charge in [-0.15, -0.1) is 0 Å². The zero-order valence-corrected chi connectivity index (χ0v) is 12.5. The zero-order chi connectivity index (χ0) is 15.2. The number of likely N-dealkylation sites (tertiary alicyclic amines) is 1. The number of oxime groups is 1. The summed E-state index contributed by atoms with van der Waals surface area (Å²) < 4.78 is 0. The number of hydrogen-bond acceptors (Lipinski definition) is 3. The Morgan fingerprint density at radius 3 is 2.81 bits per heavy atom. The van der Waals surface area contributed by atoms with Crippen molar-refractivity contribution < 1.29 is 10.0 Å². The molecule has 1 fully saturated rings. The molecule has 2 rings (SSSR count). The van der Waals surface area contributed by atoms with Gasteiger partial charge in [-0.3, -0.25) is 4.79 Å². The standard InChI is InChI=1S/C16H23N3O2/c1-12-4-6-13(7-5-12)8-9-15(20)19-10-2-3-14(11-19)16(17)18-21/h4-7,14,21H,2-3,8-11H2,1H3,(H2,17,18). The maximum Gasteiger partial charge on any atom is 0.222 e. The number of nitrogens with zero attached hydrogens (tertiary/aromatic N) is 2. The Morgan fingerprint density at radius 1 is 1.43 bits per heavy atom. The zero-order valence-electron chi connectivity index (χ0n) is 12.5. The number of amidine groups is 1. The van der Waals surface area contributed by atoms with Crippen LogP contribution in [0.2, 0.25) is 0 Å². The summed E-state index contributed by atoms with van der Waals surface area (Å²) in [5.74, 6) is 0.351. The van der Waals surface area contributed by atoms with E-state index < -0.39 is 0 Å². The van der Waals surface area contributed by atoms with E-state index in [1.165, 1.54) is 11.1 Å². The summed E-state index contributed by atoms with van der Waals surface area (Å²) in [5.41, 5.74) is 8.06. The van der Waals surface area contributed by atoms with E-state index in [0.29, 0.717) is 13.0 Å². The number of piperidine rings is 1. The molecule has 0 spiro atoms. The van der Waals surface area contributed by atoms with E-state index in [0.717, 1.165) is 25.8 Å². The first-order valence-corrected chi connectivity index (χ1v) is 7.41. The molecule has 1 saturated heterocycles. The lowest BCUT2D eigenvalue weighted by molar-refractivity contribution is -0.132. The van der Waals surface area contributed by atoms with Crippen LogP contribution >= 0.6 is 0 Å². The molecule has 0 radical (unpaired) electrons. The number of aryl methyl sites for hydroxylation is 2. The van der Waals surface area contributed by atoms with Gasteiger partial charge in [0, 0.05) is 25.4 Å². The largest absolute Gasteiger partial charge is 0.409 e. The first-order chi connectivity index (χ1) is 10.1. The minimum Gasteiger partial charge on any atom is -0.409 e. The van der Waals surface area contributed by atoms with Crippen molar-refractivity contribution in [2.45, 2.75) is 32.6 Å². The summed E-state index contributed by atoms with van der Waals surface area (Å²) in [4.78, 5) is 14.1. The molecule has 1 aliphatic heterocycles. The Morgan fingerprint density at radius 2 is 2.14 bits per heavy atom. The molecule has 1 aliphatic rings. The number of hydrogen-bond donors (Lipinski definition) is 2. The molecule has 1 amide bonds. The summed E-state index contributed by atoms with van der Waals surface area (Å²) >= 11 is 0. The van der Waals surface area contributed by atoms with Gasteiger partial charge in [0.25, 0.3) is 0 Å². The number of benzene rings is 1. The number of amides is 1. The van der Waals surface area contributed by atoms with E-state index >= 15 is 0 Å². The molecule has 0 aromatic heterocycles. The van der Waals surface area contributed by atoms with Gasteiger partial charge in [-0.05, 0) is 31.7 Å². The van der Waals surface area contributed by atoms with Crippen molar-refractivity contribution in [2.24, 2.45) is 16.8 Å². The van der Waals surface area contributed by atoms with Gasteiger partial charge in [0.05, 0.1) is 0 Å². The third-order valence-electron chi connectivity index (χ3n) is 4.06. The topological polar surface area (TPSA) is 78.9 Å². The second kappa shape index (κ2) is 7.11. The van der Waals surface area contributed by atoms with E-state index in [-0.39, 0.29) is 17.7 Å². The molecular formula is C16H23N3O2. The fourth-order valence-electron chi connectivity index (χ4n) is 2.69. The van der Waals surface area contributed by atoms with Crippen LogP contribution in [0.1, 0.15) is 30.4 Å². The molecule has 1 unspecified atom stereocenters. The van der Waals surface area contributed by atoms with Crippen molar-refractivity contribution in [1.29, 1.82) is 0 Å². The molecule has 1 heterocycles. The Bertz CT molecular complexity index is 511. The second-order valence-corrected chi connectivity index (χ2v) is 5.69. The SMILES string of the molecule is Cc1ccc(CCC(=O)N2CCCC(C(N)=NO)C2)cc1. The molecule has 1 aromatic carbocycles. The molecule has 3 N–H and O–H groups in total. The molecule has 0 aliphatic carbocycles. The third-order valence-corrected chi connectivity index (χ3v) is 4.06. The molecule has 5 heteroatoms. The predicted octanol–water partition coefficient (Wildman–Crippen LogP) is 1.91. The van der Waals surface area contributed by atoms with Crippen LogP contribution in [-0.4, -0.2) is 34.9 Å². The van der Waals surface area contributed by atoms with E-state index in [1.807, 2.05) is 4.90 Å². The highest BCUT2D eigenvalue weighted by Gasteiger charge is 2.25. The first-order valence-electron chi connectivity index (χ1n) is 7.41. The summed E-state index contributed by atoms with van der Waals surface area (Å²) in [6.07, 6.45) is 3.03. The van der Waals surface area contributed by atoms with E-state index in [4.69, 9.17) is 10.9 Å². The predicted molar refractivity (Wildman–Crippen MR) is 82.2 cm³/mol. The van der Waals surface area contributed by atoms with Crippen LogP contribution in [0.3, 0.4) is 0 Å². The number of nitrogens with two attached hydrogens (primary N) is 1. The van der Waals surface area contributed by atoms with E-state index in [1.54, 1.807) is 0 Å². The first kappa shape index (κ1) is 15.4. The van der Waals surface area contributed by atoms with Gasteiger partial charge in [-0.25, -0.2) is 0 Å². The van der Waals surface area contributed by atoms with Crippen molar-refractivity contribution in [3.8, 4) is 0 Å². The Hall–Kier alpha value is -2.04. The Balaban J connectivity index is 1.86. The fourth-order valence-corrected chi connectivity index (χ4v) is 2.69. The lowest BCUT2D eigenvalue weighted by atomic mass is 9.96. The van der Waals surface area contributed by atoms with Crippen molar-refractivity contribution in [3.63, 3.8) is 0 Å². The molecular weight excluding hydrogens is 266 g/mol. The molecule has 21 heavy (non-hydrogen) atoms. The minimum atomic E-state index is -0.0212. The highest BCUT2D eigenvalue weighted by atomic mass is 16.4. The van der Waals surface area contributed by atoms with Gasteiger partial charge >= 0.3 is 0 Å². The second-order valence-electron chi connectivity index (χ2n) is 5.69. The van der Waals surface area contributed by atoms with E-state index in [2.05, 4.69) is 36.3 Å². The van der Waals surface area contributed by atoms with Gasteiger partial charge in [0.15, 0.2) is 0 Å².